The minimum atomic E-state index is 0.537. The monoisotopic (exact) mass is 429 g/mol. The zero-order valence-electron chi connectivity index (χ0n) is 19.4. The molecule has 6 nitrogen and oxygen atoms in total. The summed E-state index contributed by atoms with van der Waals surface area (Å²) in [4.78, 5) is 13.2. The number of unbranched alkanes of at least 4 members (excludes halogenated alkanes) is 7. The Morgan fingerprint density at radius 3 is 2.00 bits per heavy atom. The van der Waals surface area contributed by atoms with Crippen molar-refractivity contribution < 1.29 is 14.2 Å². The smallest absolute Gasteiger partial charge is 0.232 e. The molecule has 0 radical (unpaired) electrons. The fourth-order valence-electron chi connectivity index (χ4n) is 3.04. The van der Waals surface area contributed by atoms with Crippen LogP contribution in [0.4, 0.5) is 0 Å². The van der Waals surface area contributed by atoms with Crippen LogP contribution in [0.25, 0.3) is 11.4 Å². The summed E-state index contributed by atoms with van der Waals surface area (Å²) in [5, 5.41) is 0. The molecule has 0 aliphatic carbocycles. The first kappa shape index (κ1) is 25.1. The number of hydrogen-bond donors (Lipinski definition) is 0. The Bertz CT molecular complexity index is 677. The van der Waals surface area contributed by atoms with Crippen molar-refractivity contribution >= 4 is 0 Å². The van der Waals surface area contributed by atoms with E-state index in [9.17, 15) is 0 Å². The van der Waals surface area contributed by atoms with Gasteiger partial charge in [-0.2, -0.15) is 0 Å². The van der Waals surface area contributed by atoms with E-state index in [2.05, 4.69) is 28.8 Å². The van der Waals surface area contributed by atoms with Crippen molar-refractivity contribution in [1.82, 2.24) is 15.0 Å². The molecule has 0 aliphatic rings. The molecule has 0 aromatic carbocycles. The molecule has 0 bridgehead atoms. The molecule has 0 fully saturated rings. The van der Waals surface area contributed by atoms with Gasteiger partial charge in [0.15, 0.2) is 0 Å². The second-order valence-electron chi connectivity index (χ2n) is 7.76. The molecular weight excluding hydrogens is 390 g/mol. The van der Waals surface area contributed by atoms with Gasteiger partial charge in [0.25, 0.3) is 0 Å². The number of aromatic nitrogens is 3. The molecule has 0 saturated carbocycles. The maximum absolute atomic E-state index is 5.79. The molecule has 2 heterocycles. The molecule has 172 valence electrons. The van der Waals surface area contributed by atoms with E-state index in [1.807, 2.05) is 12.1 Å². The minimum Gasteiger partial charge on any atom is -0.492 e. The molecule has 0 amide bonds. The summed E-state index contributed by atoms with van der Waals surface area (Å²) in [6.45, 7) is 7.41. The second-order valence-corrected chi connectivity index (χ2v) is 7.76. The molecule has 2 aromatic heterocycles. The van der Waals surface area contributed by atoms with Crippen molar-refractivity contribution in [3.63, 3.8) is 0 Å². The van der Waals surface area contributed by atoms with E-state index in [-0.39, 0.29) is 0 Å². The first-order chi connectivity index (χ1) is 15.3. The van der Waals surface area contributed by atoms with Crippen molar-refractivity contribution in [3.05, 3.63) is 30.7 Å². The highest BCUT2D eigenvalue weighted by atomic mass is 16.5. The topological polar surface area (TPSA) is 66.4 Å². The van der Waals surface area contributed by atoms with E-state index in [1.165, 1.54) is 38.5 Å². The molecule has 2 rings (SSSR count). The standard InChI is InChI=1S/C25H39N3O3/c1-3-5-7-8-9-10-17-30-22-13-14-23(26-19-22)24-20-28-25(21-27-24)31-18-12-11-16-29-15-6-4-2/h13-14,19-21H,3-12,15-18H2,1-2H3. The van der Waals surface area contributed by atoms with Crippen molar-refractivity contribution in [1.29, 1.82) is 0 Å². The molecule has 0 N–H and O–H groups in total. The van der Waals surface area contributed by atoms with Gasteiger partial charge in [0.05, 0.1) is 37.5 Å². The van der Waals surface area contributed by atoms with Gasteiger partial charge in [-0.25, -0.2) is 9.97 Å². The van der Waals surface area contributed by atoms with Gasteiger partial charge in [-0.3, -0.25) is 4.98 Å². The Labute approximate surface area is 187 Å². The summed E-state index contributed by atoms with van der Waals surface area (Å²) < 4.78 is 17.0. The zero-order valence-corrected chi connectivity index (χ0v) is 19.4. The van der Waals surface area contributed by atoms with Crippen LogP contribution in [0.2, 0.25) is 0 Å². The Balaban J connectivity index is 1.63. The lowest BCUT2D eigenvalue weighted by molar-refractivity contribution is 0.123. The number of pyridine rings is 1. The molecule has 0 unspecified atom stereocenters. The fraction of sp³-hybridized carbons (Fsp3) is 0.640. The van der Waals surface area contributed by atoms with Crippen LogP contribution in [0.3, 0.4) is 0 Å². The van der Waals surface area contributed by atoms with E-state index in [4.69, 9.17) is 14.2 Å². The molecular formula is C25H39N3O3. The van der Waals surface area contributed by atoms with E-state index in [0.29, 0.717) is 12.5 Å². The van der Waals surface area contributed by atoms with Gasteiger partial charge >= 0.3 is 0 Å². The highest BCUT2D eigenvalue weighted by Crippen LogP contribution is 2.18. The first-order valence-electron chi connectivity index (χ1n) is 11.9. The van der Waals surface area contributed by atoms with E-state index < -0.39 is 0 Å². The Hall–Kier alpha value is -2.21. The maximum Gasteiger partial charge on any atom is 0.232 e. The van der Waals surface area contributed by atoms with E-state index in [0.717, 1.165) is 62.6 Å². The average molecular weight is 430 g/mol. The lowest BCUT2D eigenvalue weighted by atomic mass is 10.1. The van der Waals surface area contributed by atoms with Crippen molar-refractivity contribution in [3.8, 4) is 23.0 Å². The molecule has 0 saturated heterocycles. The molecule has 0 spiro atoms. The van der Waals surface area contributed by atoms with Crippen LogP contribution >= 0.6 is 0 Å². The highest BCUT2D eigenvalue weighted by molar-refractivity contribution is 5.53. The van der Waals surface area contributed by atoms with Crippen molar-refractivity contribution in [2.75, 3.05) is 26.4 Å². The zero-order chi connectivity index (χ0) is 22.0. The average Bonchev–Trinajstić information content (AvgIpc) is 2.81. The van der Waals surface area contributed by atoms with Crippen LogP contribution in [-0.4, -0.2) is 41.4 Å². The normalized spacial score (nSPS) is 10.9. The summed E-state index contributed by atoms with van der Waals surface area (Å²) in [7, 11) is 0. The third-order valence-electron chi connectivity index (χ3n) is 4.97. The number of nitrogens with zero attached hydrogens (tertiary/aromatic N) is 3. The van der Waals surface area contributed by atoms with Gasteiger partial charge in [0, 0.05) is 13.2 Å². The van der Waals surface area contributed by atoms with Crippen LogP contribution in [0.15, 0.2) is 30.7 Å². The highest BCUT2D eigenvalue weighted by Gasteiger charge is 2.04. The summed E-state index contributed by atoms with van der Waals surface area (Å²) >= 11 is 0. The van der Waals surface area contributed by atoms with Crippen LogP contribution in [0.1, 0.15) is 78.1 Å². The molecule has 0 aliphatic heterocycles. The van der Waals surface area contributed by atoms with Crippen molar-refractivity contribution in [2.24, 2.45) is 0 Å². The molecule has 0 atom stereocenters. The van der Waals surface area contributed by atoms with Gasteiger partial charge in [-0.1, -0.05) is 52.4 Å². The lowest BCUT2D eigenvalue weighted by Gasteiger charge is -2.08. The lowest BCUT2D eigenvalue weighted by Crippen LogP contribution is -2.03. The number of rotatable bonds is 18. The van der Waals surface area contributed by atoms with Crippen LogP contribution < -0.4 is 9.47 Å². The Kier molecular flexibility index (Phi) is 13.3. The molecule has 2 aromatic rings. The van der Waals surface area contributed by atoms with Crippen LogP contribution in [0.5, 0.6) is 11.6 Å². The van der Waals surface area contributed by atoms with Gasteiger partial charge in [0.2, 0.25) is 5.88 Å². The second kappa shape index (κ2) is 16.5. The van der Waals surface area contributed by atoms with Gasteiger partial charge in [0.1, 0.15) is 11.4 Å². The molecule has 31 heavy (non-hydrogen) atoms. The summed E-state index contributed by atoms with van der Waals surface area (Å²) in [6.07, 6.45) is 16.9. The Morgan fingerprint density at radius 2 is 1.26 bits per heavy atom. The number of hydrogen-bond acceptors (Lipinski definition) is 6. The maximum atomic E-state index is 5.79. The fourth-order valence-corrected chi connectivity index (χ4v) is 3.04. The first-order valence-corrected chi connectivity index (χ1v) is 11.9. The van der Waals surface area contributed by atoms with E-state index in [1.54, 1.807) is 18.6 Å². The van der Waals surface area contributed by atoms with Crippen LogP contribution in [0, 0.1) is 0 Å². The minimum absolute atomic E-state index is 0.537. The SMILES string of the molecule is CCCCCCCCOc1ccc(-c2cnc(OCCCCOCCCC)cn2)nc1. The Morgan fingerprint density at radius 1 is 0.581 bits per heavy atom. The third kappa shape index (κ3) is 11.1. The predicted molar refractivity (Wildman–Crippen MR) is 125 cm³/mol. The van der Waals surface area contributed by atoms with Gasteiger partial charge in [-0.15, -0.1) is 0 Å². The quantitative estimate of drug-likeness (QED) is 0.261. The van der Waals surface area contributed by atoms with Crippen molar-refractivity contribution in [2.45, 2.75) is 78.1 Å². The predicted octanol–water partition coefficient (Wildman–Crippen LogP) is 6.25. The summed E-state index contributed by atoms with van der Waals surface area (Å²) in [5.74, 6) is 1.33. The van der Waals surface area contributed by atoms with Crippen LogP contribution in [-0.2, 0) is 4.74 Å². The number of ether oxygens (including phenoxy) is 3. The third-order valence-corrected chi connectivity index (χ3v) is 4.97. The summed E-state index contributed by atoms with van der Waals surface area (Å²) in [6, 6.07) is 3.85. The van der Waals surface area contributed by atoms with E-state index >= 15 is 0 Å². The van der Waals surface area contributed by atoms with Gasteiger partial charge < -0.3 is 14.2 Å². The largest absolute Gasteiger partial charge is 0.492 e. The summed E-state index contributed by atoms with van der Waals surface area (Å²) in [5.41, 5.74) is 1.49. The van der Waals surface area contributed by atoms with Gasteiger partial charge in [-0.05, 0) is 37.8 Å². The molecule has 6 heteroatoms.